The molecule has 1 fully saturated rings. The van der Waals surface area contributed by atoms with Gasteiger partial charge in [-0.25, -0.2) is 0 Å². The SMILES string of the molecule is CNC(CC1CCCCCC1)c1ccoc1. The molecule has 1 aromatic heterocycles. The highest BCUT2D eigenvalue weighted by Crippen LogP contribution is 2.30. The summed E-state index contributed by atoms with van der Waals surface area (Å²) < 4.78 is 5.17. The van der Waals surface area contributed by atoms with Gasteiger partial charge in [-0.1, -0.05) is 38.5 Å². The number of rotatable bonds is 4. The van der Waals surface area contributed by atoms with E-state index in [-0.39, 0.29) is 0 Å². The Morgan fingerprint density at radius 1 is 1.31 bits per heavy atom. The lowest BCUT2D eigenvalue weighted by Crippen LogP contribution is -2.19. The molecule has 0 saturated heterocycles. The Balaban J connectivity index is 1.90. The van der Waals surface area contributed by atoms with Crippen LogP contribution in [0.2, 0.25) is 0 Å². The fraction of sp³-hybridized carbons (Fsp3) is 0.714. The third-order valence-electron chi connectivity index (χ3n) is 3.84. The van der Waals surface area contributed by atoms with Crippen LogP contribution in [0.1, 0.15) is 56.6 Å². The summed E-state index contributed by atoms with van der Waals surface area (Å²) in [7, 11) is 2.05. The van der Waals surface area contributed by atoms with Crippen molar-refractivity contribution in [3.8, 4) is 0 Å². The van der Waals surface area contributed by atoms with Gasteiger partial charge in [0.25, 0.3) is 0 Å². The molecule has 0 aromatic carbocycles. The summed E-state index contributed by atoms with van der Waals surface area (Å²) in [6.45, 7) is 0. The number of furan rings is 1. The third kappa shape index (κ3) is 3.11. The van der Waals surface area contributed by atoms with Gasteiger partial charge in [-0.15, -0.1) is 0 Å². The van der Waals surface area contributed by atoms with E-state index in [9.17, 15) is 0 Å². The summed E-state index contributed by atoms with van der Waals surface area (Å²) in [6.07, 6.45) is 13.4. The molecule has 1 atom stereocenters. The summed E-state index contributed by atoms with van der Waals surface area (Å²) in [5.41, 5.74) is 1.30. The van der Waals surface area contributed by atoms with Crippen LogP contribution in [0.4, 0.5) is 0 Å². The monoisotopic (exact) mass is 221 g/mol. The Labute approximate surface area is 98.4 Å². The molecule has 1 saturated carbocycles. The van der Waals surface area contributed by atoms with Crippen LogP contribution >= 0.6 is 0 Å². The van der Waals surface area contributed by atoms with Crippen LogP contribution in [0, 0.1) is 5.92 Å². The van der Waals surface area contributed by atoms with Crippen molar-refractivity contribution in [2.45, 2.75) is 51.0 Å². The molecule has 2 nitrogen and oxygen atoms in total. The lowest BCUT2D eigenvalue weighted by molar-refractivity contribution is 0.366. The largest absolute Gasteiger partial charge is 0.472 e. The van der Waals surface area contributed by atoms with Gasteiger partial charge < -0.3 is 9.73 Å². The quantitative estimate of drug-likeness (QED) is 0.780. The molecule has 0 amide bonds. The fourth-order valence-corrected chi connectivity index (χ4v) is 2.83. The molecule has 1 aromatic rings. The van der Waals surface area contributed by atoms with Gasteiger partial charge in [0.1, 0.15) is 0 Å². The van der Waals surface area contributed by atoms with Crippen LogP contribution in [0.15, 0.2) is 23.0 Å². The maximum absolute atomic E-state index is 5.17. The molecule has 2 heteroatoms. The smallest absolute Gasteiger partial charge is 0.0950 e. The van der Waals surface area contributed by atoms with Crippen LogP contribution in [0.5, 0.6) is 0 Å². The average molecular weight is 221 g/mol. The zero-order valence-electron chi connectivity index (χ0n) is 10.2. The van der Waals surface area contributed by atoms with Crippen molar-refractivity contribution in [1.29, 1.82) is 0 Å². The Morgan fingerprint density at radius 2 is 2.06 bits per heavy atom. The Bertz CT molecular complexity index is 273. The van der Waals surface area contributed by atoms with E-state index < -0.39 is 0 Å². The van der Waals surface area contributed by atoms with E-state index in [2.05, 4.69) is 11.4 Å². The van der Waals surface area contributed by atoms with Crippen molar-refractivity contribution in [3.05, 3.63) is 24.2 Å². The van der Waals surface area contributed by atoms with E-state index in [0.29, 0.717) is 6.04 Å². The maximum atomic E-state index is 5.17. The first-order valence-electron chi connectivity index (χ1n) is 6.59. The van der Waals surface area contributed by atoms with Crippen molar-refractivity contribution in [2.24, 2.45) is 5.92 Å². The molecule has 0 aliphatic heterocycles. The van der Waals surface area contributed by atoms with Gasteiger partial charge >= 0.3 is 0 Å². The molecule has 0 bridgehead atoms. The van der Waals surface area contributed by atoms with Gasteiger partial charge in [-0.05, 0) is 25.5 Å². The molecule has 1 N–H and O–H groups in total. The van der Waals surface area contributed by atoms with Crippen LogP contribution in [-0.4, -0.2) is 7.05 Å². The highest BCUT2D eigenvalue weighted by molar-refractivity contribution is 5.11. The third-order valence-corrected chi connectivity index (χ3v) is 3.84. The van der Waals surface area contributed by atoms with E-state index in [1.54, 1.807) is 6.26 Å². The summed E-state index contributed by atoms with van der Waals surface area (Å²) in [6, 6.07) is 2.56. The average Bonchev–Trinajstić information content (AvgIpc) is 2.71. The van der Waals surface area contributed by atoms with E-state index >= 15 is 0 Å². The predicted molar refractivity (Wildman–Crippen MR) is 66.3 cm³/mol. The van der Waals surface area contributed by atoms with Crippen LogP contribution in [0.3, 0.4) is 0 Å². The highest BCUT2D eigenvalue weighted by Gasteiger charge is 2.18. The molecule has 2 rings (SSSR count). The van der Waals surface area contributed by atoms with Gasteiger partial charge in [-0.3, -0.25) is 0 Å². The van der Waals surface area contributed by atoms with E-state index in [4.69, 9.17) is 4.42 Å². The summed E-state index contributed by atoms with van der Waals surface area (Å²) in [5.74, 6) is 0.898. The molecule has 0 spiro atoms. The van der Waals surface area contributed by atoms with Crippen molar-refractivity contribution >= 4 is 0 Å². The Morgan fingerprint density at radius 3 is 2.62 bits per heavy atom. The van der Waals surface area contributed by atoms with Crippen molar-refractivity contribution in [2.75, 3.05) is 7.05 Å². The summed E-state index contributed by atoms with van der Waals surface area (Å²) in [5, 5.41) is 3.41. The predicted octanol–water partition coefficient (Wildman–Crippen LogP) is 3.90. The summed E-state index contributed by atoms with van der Waals surface area (Å²) in [4.78, 5) is 0. The molecular formula is C14H23NO. The molecule has 1 aliphatic rings. The molecule has 16 heavy (non-hydrogen) atoms. The summed E-state index contributed by atoms with van der Waals surface area (Å²) >= 11 is 0. The van der Waals surface area contributed by atoms with Crippen molar-refractivity contribution in [3.63, 3.8) is 0 Å². The first-order valence-corrected chi connectivity index (χ1v) is 6.59. The van der Waals surface area contributed by atoms with Gasteiger partial charge in [0.2, 0.25) is 0 Å². The van der Waals surface area contributed by atoms with E-state index in [0.717, 1.165) is 5.92 Å². The van der Waals surface area contributed by atoms with Gasteiger partial charge in [0, 0.05) is 11.6 Å². The van der Waals surface area contributed by atoms with E-state index in [1.807, 2.05) is 13.3 Å². The lowest BCUT2D eigenvalue weighted by atomic mass is 9.90. The molecule has 1 aliphatic carbocycles. The molecule has 1 heterocycles. The van der Waals surface area contributed by atoms with Crippen molar-refractivity contribution in [1.82, 2.24) is 5.32 Å². The van der Waals surface area contributed by atoms with Crippen LogP contribution in [0.25, 0.3) is 0 Å². The first-order chi connectivity index (χ1) is 7.90. The van der Waals surface area contributed by atoms with Gasteiger partial charge in [-0.2, -0.15) is 0 Å². The number of hydrogen-bond donors (Lipinski definition) is 1. The first kappa shape index (κ1) is 11.7. The second kappa shape index (κ2) is 6.09. The minimum Gasteiger partial charge on any atom is -0.472 e. The van der Waals surface area contributed by atoms with Gasteiger partial charge in [0.15, 0.2) is 0 Å². The van der Waals surface area contributed by atoms with Gasteiger partial charge in [0.05, 0.1) is 12.5 Å². The topological polar surface area (TPSA) is 25.2 Å². The van der Waals surface area contributed by atoms with Crippen molar-refractivity contribution < 1.29 is 4.42 Å². The molecule has 90 valence electrons. The standard InChI is InChI=1S/C14H23NO/c1-15-14(13-8-9-16-11-13)10-12-6-4-2-3-5-7-12/h8-9,11-12,14-15H,2-7,10H2,1H3. The highest BCUT2D eigenvalue weighted by atomic mass is 16.3. The zero-order valence-corrected chi connectivity index (χ0v) is 10.2. The minimum atomic E-state index is 0.474. The normalized spacial score (nSPS) is 20.6. The second-order valence-electron chi connectivity index (χ2n) is 4.99. The van der Waals surface area contributed by atoms with E-state index in [1.165, 1.54) is 50.5 Å². The minimum absolute atomic E-state index is 0.474. The molecular weight excluding hydrogens is 198 g/mol. The lowest BCUT2D eigenvalue weighted by Gasteiger charge is -2.21. The fourth-order valence-electron chi connectivity index (χ4n) is 2.83. The number of nitrogens with one attached hydrogen (secondary N) is 1. The second-order valence-corrected chi connectivity index (χ2v) is 4.99. The molecule has 0 radical (unpaired) electrons. The Hall–Kier alpha value is -0.760. The Kier molecular flexibility index (Phi) is 4.46. The van der Waals surface area contributed by atoms with Crippen LogP contribution < -0.4 is 5.32 Å². The maximum Gasteiger partial charge on any atom is 0.0950 e. The van der Waals surface area contributed by atoms with Crippen LogP contribution in [-0.2, 0) is 0 Å². The zero-order chi connectivity index (χ0) is 11.2. The number of hydrogen-bond acceptors (Lipinski definition) is 2. The molecule has 1 unspecified atom stereocenters.